The lowest BCUT2D eigenvalue weighted by Gasteiger charge is -2.32. The van der Waals surface area contributed by atoms with Gasteiger partial charge in [-0.1, -0.05) is 12.1 Å². The number of likely N-dealkylation sites (tertiary alicyclic amines) is 1. The van der Waals surface area contributed by atoms with Gasteiger partial charge in [0.25, 0.3) is 0 Å². The highest BCUT2D eigenvalue weighted by molar-refractivity contribution is 5.80. The molecule has 1 heterocycles. The zero-order valence-electron chi connectivity index (χ0n) is 14.4. The number of rotatable bonds is 6. The molecule has 2 amide bonds. The van der Waals surface area contributed by atoms with E-state index in [-0.39, 0.29) is 23.5 Å². The minimum absolute atomic E-state index is 0.00509. The second-order valence-electron chi connectivity index (χ2n) is 6.53. The van der Waals surface area contributed by atoms with E-state index >= 15 is 0 Å². The molecule has 1 aromatic rings. The van der Waals surface area contributed by atoms with Gasteiger partial charge >= 0.3 is 0 Å². The first-order chi connectivity index (χ1) is 11.5. The Morgan fingerprint density at radius 2 is 2.17 bits per heavy atom. The number of benzene rings is 1. The van der Waals surface area contributed by atoms with Gasteiger partial charge in [0.1, 0.15) is 5.82 Å². The summed E-state index contributed by atoms with van der Waals surface area (Å²) in [4.78, 5) is 27.5. The third kappa shape index (κ3) is 5.60. The van der Waals surface area contributed by atoms with Gasteiger partial charge in [0.15, 0.2) is 0 Å². The molecule has 0 bridgehead atoms. The van der Waals surface area contributed by atoms with Gasteiger partial charge in [0.2, 0.25) is 11.8 Å². The number of carbonyl (C=O) groups is 2. The number of amides is 2. The van der Waals surface area contributed by atoms with E-state index in [4.69, 9.17) is 0 Å². The number of hydrogen-bond acceptors (Lipinski definition) is 3. The molecule has 0 aliphatic carbocycles. The number of halogens is 1. The lowest BCUT2D eigenvalue weighted by molar-refractivity contribution is -0.129. The molecule has 0 saturated carbocycles. The molecule has 6 heteroatoms. The molecular formula is C18H26FN3O2. The van der Waals surface area contributed by atoms with E-state index in [9.17, 15) is 14.0 Å². The monoisotopic (exact) mass is 335 g/mol. The summed E-state index contributed by atoms with van der Waals surface area (Å²) in [6.45, 7) is 2.61. The van der Waals surface area contributed by atoms with Crippen LogP contribution in [0, 0.1) is 11.7 Å². The summed E-state index contributed by atoms with van der Waals surface area (Å²) >= 11 is 0. The van der Waals surface area contributed by atoms with E-state index in [1.807, 2.05) is 6.07 Å². The van der Waals surface area contributed by atoms with Crippen molar-refractivity contribution in [2.75, 3.05) is 33.7 Å². The summed E-state index contributed by atoms with van der Waals surface area (Å²) in [6.07, 6.45) is 2.12. The minimum atomic E-state index is -0.232. The Kier molecular flexibility index (Phi) is 6.73. The number of nitrogens with zero attached hydrogens (tertiary/aromatic N) is 2. The van der Waals surface area contributed by atoms with Crippen LogP contribution in [0.25, 0.3) is 0 Å². The fourth-order valence-corrected chi connectivity index (χ4v) is 2.97. The maximum atomic E-state index is 13.3. The van der Waals surface area contributed by atoms with Gasteiger partial charge in [0, 0.05) is 40.2 Å². The van der Waals surface area contributed by atoms with Crippen molar-refractivity contribution in [2.45, 2.75) is 25.8 Å². The molecule has 0 spiro atoms. The molecular weight excluding hydrogens is 309 g/mol. The van der Waals surface area contributed by atoms with E-state index in [2.05, 4.69) is 10.2 Å². The van der Waals surface area contributed by atoms with Crippen LogP contribution in [0.4, 0.5) is 4.39 Å². The maximum Gasteiger partial charge on any atom is 0.224 e. The van der Waals surface area contributed by atoms with E-state index < -0.39 is 0 Å². The molecule has 1 aliphatic heterocycles. The van der Waals surface area contributed by atoms with Crippen molar-refractivity contribution < 1.29 is 14.0 Å². The van der Waals surface area contributed by atoms with Gasteiger partial charge < -0.3 is 10.2 Å². The van der Waals surface area contributed by atoms with E-state index in [0.717, 1.165) is 24.9 Å². The van der Waals surface area contributed by atoms with Crippen LogP contribution in [0.3, 0.4) is 0 Å². The molecule has 1 unspecified atom stereocenters. The summed E-state index contributed by atoms with van der Waals surface area (Å²) in [5.74, 6) is -0.289. The third-order valence-corrected chi connectivity index (χ3v) is 4.31. The van der Waals surface area contributed by atoms with Crippen molar-refractivity contribution >= 4 is 11.8 Å². The predicted molar refractivity (Wildman–Crippen MR) is 90.7 cm³/mol. The van der Waals surface area contributed by atoms with Crippen LogP contribution in [0.2, 0.25) is 0 Å². The Hall–Kier alpha value is -1.95. The molecule has 0 aromatic heterocycles. The molecule has 132 valence electrons. The Morgan fingerprint density at radius 3 is 2.88 bits per heavy atom. The molecule has 1 aromatic carbocycles. The van der Waals surface area contributed by atoms with Gasteiger partial charge in [-0.05, 0) is 37.1 Å². The molecule has 0 radical (unpaired) electrons. The van der Waals surface area contributed by atoms with E-state index in [0.29, 0.717) is 26.1 Å². The fraction of sp³-hybridized carbons (Fsp3) is 0.556. The van der Waals surface area contributed by atoms with Gasteiger partial charge in [-0.2, -0.15) is 0 Å². The molecule has 5 nitrogen and oxygen atoms in total. The molecule has 1 aliphatic rings. The van der Waals surface area contributed by atoms with Crippen molar-refractivity contribution in [3.8, 4) is 0 Å². The van der Waals surface area contributed by atoms with Crippen LogP contribution in [0.15, 0.2) is 24.3 Å². The Balaban J connectivity index is 1.79. The van der Waals surface area contributed by atoms with Gasteiger partial charge in [-0.15, -0.1) is 0 Å². The Labute approximate surface area is 142 Å². The Bertz CT molecular complexity index is 577. The number of nitrogens with one attached hydrogen (secondary N) is 1. The van der Waals surface area contributed by atoms with Gasteiger partial charge in [-0.3, -0.25) is 14.5 Å². The van der Waals surface area contributed by atoms with Crippen LogP contribution in [-0.2, 0) is 16.1 Å². The first kappa shape index (κ1) is 18.4. The second-order valence-corrected chi connectivity index (χ2v) is 6.53. The fourth-order valence-electron chi connectivity index (χ4n) is 2.97. The molecule has 1 saturated heterocycles. The van der Waals surface area contributed by atoms with Crippen molar-refractivity contribution in [3.05, 3.63) is 35.6 Å². The smallest absolute Gasteiger partial charge is 0.224 e. The zero-order valence-corrected chi connectivity index (χ0v) is 14.4. The maximum absolute atomic E-state index is 13.3. The Morgan fingerprint density at radius 1 is 1.38 bits per heavy atom. The first-order valence-corrected chi connectivity index (χ1v) is 8.40. The lowest BCUT2D eigenvalue weighted by Crippen LogP contribution is -2.43. The number of piperidine rings is 1. The van der Waals surface area contributed by atoms with E-state index in [1.165, 1.54) is 17.0 Å². The number of carbonyl (C=O) groups excluding carboxylic acids is 2. The van der Waals surface area contributed by atoms with Crippen LogP contribution in [0.5, 0.6) is 0 Å². The number of hydrogen-bond donors (Lipinski definition) is 1. The standard InChI is InChI=1S/C18H26FN3O2/c1-21(2)17(23)8-9-20-18(24)15-6-4-10-22(13-15)12-14-5-3-7-16(19)11-14/h3,5,7,11,15H,4,6,8-10,12-13H2,1-2H3,(H,20,24). The minimum Gasteiger partial charge on any atom is -0.355 e. The van der Waals surface area contributed by atoms with Crippen LogP contribution >= 0.6 is 0 Å². The van der Waals surface area contributed by atoms with Crippen LogP contribution in [0.1, 0.15) is 24.8 Å². The van der Waals surface area contributed by atoms with Gasteiger partial charge in [-0.25, -0.2) is 4.39 Å². The summed E-state index contributed by atoms with van der Waals surface area (Å²) in [5, 5.41) is 2.86. The molecule has 1 fully saturated rings. The van der Waals surface area contributed by atoms with Crippen molar-refractivity contribution in [1.82, 2.24) is 15.1 Å². The van der Waals surface area contributed by atoms with Crippen molar-refractivity contribution in [3.63, 3.8) is 0 Å². The van der Waals surface area contributed by atoms with E-state index in [1.54, 1.807) is 20.2 Å². The largest absolute Gasteiger partial charge is 0.355 e. The average molecular weight is 335 g/mol. The average Bonchev–Trinajstić information content (AvgIpc) is 2.54. The van der Waals surface area contributed by atoms with Crippen LogP contribution < -0.4 is 5.32 Å². The molecule has 2 rings (SSSR count). The van der Waals surface area contributed by atoms with Crippen molar-refractivity contribution in [1.29, 1.82) is 0 Å². The highest BCUT2D eigenvalue weighted by atomic mass is 19.1. The lowest BCUT2D eigenvalue weighted by atomic mass is 9.96. The summed E-state index contributed by atoms with van der Waals surface area (Å²) in [6, 6.07) is 6.59. The highest BCUT2D eigenvalue weighted by Crippen LogP contribution is 2.19. The topological polar surface area (TPSA) is 52.7 Å². The van der Waals surface area contributed by atoms with Crippen LogP contribution in [-0.4, -0.2) is 55.3 Å². The zero-order chi connectivity index (χ0) is 17.5. The van der Waals surface area contributed by atoms with Gasteiger partial charge in [0.05, 0.1) is 5.92 Å². The molecule has 1 N–H and O–H groups in total. The summed E-state index contributed by atoms with van der Waals surface area (Å²) in [7, 11) is 3.41. The normalized spacial score (nSPS) is 18.2. The van der Waals surface area contributed by atoms with Crippen molar-refractivity contribution in [2.24, 2.45) is 5.92 Å². The summed E-state index contributed by atoms with van der Waals surface area (Å²) in [5.41, 5.74) is 0.924. The summed E-state index contributed by atoms with van der Waals surface area (Å²) < 4.78 is 13.3. The third-order valence-electron chi connectivity index (χ3n) is 4.31. The highest BCUT2D eigenvalue weighted by Gasteiger charge is 2.25. The second kappa shape index (κ2) is 8.78. The SMILES string of the molecule is CN(C)C(=O)CCNC(=O)C1CCCN(Cc2cccc(F)c2)C1. The molecule has 24 heavy (non-hydrogen) atoms. The molecule has 1 atom stereocenters. The quantitative estimate of drug-likeness (QED) is 0.860. The first-order valence-electron chi connectivity index (χ1n) is 8.40. The predicted octanol–water partition coefficient (Wildman–Crippen LogP) is 1.63.